The Balaban J connectivity index is 1.88. The summed E-state index contributed by atoms with van der Waals surface area (Å²) in [5.74, 6) is -0.114. The van der Waals surface area contributed by atoms with Gasteiger partial charge in [0, 0.05) is 25.5 Å². The molecule has 4 N–H and O–H groups in total. The number of ether oxygens (including phenoxy) is 3. The number of carbonyl (C=O) groups excluding carboxylic acids is 2. The third-order valence-corrected chi connectivity index (χ3v) is 6.75. The van der Waals surface area contributed by atoms with Crippen molar-refractivity contribution in [1.82, 2.24) is 10.6 Å². The standard InChI is InChI=1S/C29H37N3O8/c1-17(33)32-21-11-9-18-14-24(38-2)28(39-3)29(40-4)27(18)19-10-12-22(23(34)15-20(19)21)30-13-7-5-6-8-25(35)31-16-26(36)37/h10,12,14-15,21H,5-9,11,13,16H2,1-4H3,(H,30,34)(H,31,35)(H,32,33)(H,36,37). The molecule has 216 valence electrons. The number of carboxylic acid groups (broad SMARTS) is 1. The van der Waals surface area contributed by atoms with Crippen LogP contribution >= 0.6 is 0 Å². The van der Waals surface area contributed by atoms with Gasteiger partial charge in [0.15, 0.2) is 11.5 Å². The van der Waals surface area contributed by atoms with Crippen LogP contribution in [0, 0.1) is 0 Å². The van der Waals surface area contributed by atoms with Crippen molar-refractivity contribution in [3.8, 4) is 28.4 Å². The van der Waals surface area contributed by atoms with Crippen LogP contribution in [0.5, 0.6) is 17.2 Å². The molecule has 0 spiro atoms. The number of anilines is 1. The quantitative estimate of drug-likeness (QED) is 0.273. The molecule has 1 unspecified atom stereocenters. The van der Waals surface area contributed by atoms with Gasteiger partial charge in [0.05, 0.1) is 33.1 Å². The molecule has 1 aliphatic carbocycles. The first-order valence-corrected chi connectivity index (χ1v) is 13.2. The predicted octanol–water partition coefficient (Wildman–Crippen LogP) is 3.04. The number of unbranched alkanes of at least 4 members (excludes halogenated alkanes) is 2. The summed E-state index contributed by atoms with van der Waals surface area (Å²) in [6, 6.07) is 6.68. The number of hydrogen-bond acceptors (Lipinski definition) is 8. The first-order valence-electron chi connectivity index (χ1n) is 13.2. The number of methoxy groups -OCH3 is 3. The molecule has 2 amide bonds. The Morgan fingerprint density at radius 3 is 2.40 bits per heavy atom. The molecule has 2 aromatic carbocycles. The summed E-state index contributed by atoms with van der Waals surface area (Å²) >= 11 is 0. The molecule has 2 aromatic rings. The average Bonchev–Trinajstić information content (AvgIpc) is 3.16. The largest absolute Gasteiger partial charge is 0.493 e. The molecule has 1 atom stereocenters. The lowest BCUT2D eigenvalue weighted by Crippen LogP contribution is -2.28. The Labute approximate surface area is 233 Å². The second kappa shape index (κ2) is 14.2. The fourth-order valence-corrected chi connectivity index (χ4v) is 4.93. The molecule has 0 aliphatic heterocycles. The molecule has 11 nitrogen and oxygen atoms in total. The van der Waals surface area contributed by atoms with E-state index in [2.05, 4.69) is 16.0 Å². The molecular formula is C29H37N3O8. The molecule has 3 rings (SSSR count). The van der Waals surface area contributed by atoms with E-state index in [-0.39, 0.29) is 36.3 Å². The van der Waals surface area contributed by atoms with Crippen molar-refractivity contribution in [2.24, 2.45) is 0 Å². The normalized spacial score (nSPS) is 13.7. The fourth-order valence-electron chi connectivity index (χ4n) is 4.93. The minimum atomic E-state index is -1.08. The van der Waals surface area contributed by atoms with Gasteiger partial charge in [0.1, 0.15) is 6.54 Å². The molecule has 0 saturated carbocycles. The number of rotatable bonds is 13. The maximum Gasteiger partial charge on any atom is 0.322 e. The average molecular weight is 556 g/mol. The summed E-state index contributed by atoms with van der Waals surface area (Å²) in [6.45, 7) is 1.58. The van der Waals surface area contributed by atoms with Crippen molar-refractivity contribution in [3.63, 3.8) is 0 Å². The maximum atomic E-state index is 13.3. The van der Waals surface area contributed by atoms with Crippen LogP contribution in [0.25, 0.3) is 11.1 Å². The van der Waals surface area contributed by atoms with Crippen molar-refractivity contribution in [1.29, 1.82) is 0 Å². The van der Waals surface area contributed by atoms with Gasteiger partial charge < -0.3 is 35.3 Å². The zero-order valence-electron chi connectivity index (χ0n) is 23.3. The molecule has 40 heavy (non-hydrogen) atoms. The molecular weight excluding hydrogens is 518 g/mol. The van der Waals surface area contributed by atoms with Crippen LogP contribution in [-0.4, -0.2) is 57.3 Å². The highest BCUT2D eigenvalue weighted by Crippen LogP contribution is 2.50. The Bertz CT molecular complexity index is 1310. The van der Waals surface area contributed by atoms with Gasteiger partial charge in [0.2, 0.25) is 23.0 Å². The Kier molecular flexibility index (Phi) is 10.7. The first-order chi connectivity index (χ1) is 19.2. The van der Waals surface area contributed by atoms with Gasteiger partial charge in [0.25, 0.3) is 0 Å². The molecule has 0 aromatic heterocycles. The minimum absolute atomic E-state index is 0.196. The summed E-state index contributed by atoms with van der Waals surface area (Å²) in [7, 11) is 4.65. The zero-order valence-corrected chi connectivity index (χ0v) is 23.3. The predicted molar refractivity (Wildman–Crippen MR) is 150 cm³/mol. The molecule has 0 fully saturated rings. The monoisotopic (exact) mass is 555 g/mol. The SMILES string of the molecule is COc1cc2c(c(OC)c1OC)-c1ccc(NCCCCCC(=O)NCC(=O)O)c(=O)cc1C(NC(C)=O)CC2. The van der Waals surface area contributed by atoms with Crippen LogP contribution in [0.4, 0.5) is 5.69 Å². The van der Waals surface area contributed by atoms with Gasteiger partial charge in [-0.3, -0.25) is 19.2 Å². The van der Waals surface area contributed by atoms with Crippen LogP contribution in [-0.2, 0) is 20.8 Å². The number of carboxylic acids is 1. The maximum absolute atomic E-state index is 13.3. The van der Waals surface area contributed by atoms with E-state index in [4.69, 9.17) is 19.3 Å². The minimum Gasteiger partial charge on any atom is -0.493 e. The second-order valence-electron chi connectivity index (χ2n) is 9.50. The van der Waals surface area contributed by atoms with Crippen LogP contribution in [0.1, 0.15) is 56.2 Å². The number of nitrogens with one attached hydrogen (secondary N) is 3. The first kappa shape index (κ1) is 30.3. The van der Waals surface area contributed by atoms with Crippen LogP contribution < -0.4 is 35.6 Å². The molecule has 0 radical (unpaired) electrons. The van der Waals surface area contributed by atoms with Crippen molar-refractivity contribution in [3.05, 3.63) is 45.6 Å². The summed E-state index contributed by atoms with van der Waals surface area (Å²) < 4.78 is 17.0. The van der Waals surface area contributed by atoms with E-state index in [0.717, 1.165) is 23.1 Å². The number of fused-ring (bicyclic) bond motifs is 3. The van der Waals surface area contributed by atoms with E-state index < -0.39 is 5.97 Å². The van der Waals surface area contributed by atoms with Gasteiger partial charge in [-0.05, 0) is 60.6 Å². The highest BCUT2D eigenvalue weighted by molar-refractivity contribution is 5.84. The van der Waals surface area contributed by atoms with Crippen molar-refractivity contribution in [2.45, 2.75) is 51.5 Å². The second-order valence-corrected chi connectivity index (χ2v) is 9.50. The zero-order chi connectivity index (χ0) is 29.2. The number of aliphatic carboxylic acids is 1. The topological polar surface area (TPSA) is 152 Å². The van der Waals surface area contributed by atoms with Crippen LogP contribution in [0.3, 0.4) is 0 Å². The van der Waals surface area contributed by atoms with Gasteiger partial charge in [-0.25, -0.2) is 0 Å². The van der Waals surface area contributed by atoms with E-state index in [1.54, 1.807) is 26.4 Å². The lowest BCUT2D eigenvalue weighted by atomic mass is 9.95. The Morgan fingerprint density at radius 1 is 1.00 bits per heavy atom. The van der Waals surface area contributed by atoms with Crippen molar-refractivity contribution in [2.75, 3.05) is 39.7 Å². The third kappa shape index (κ3) is 7.43. The summed E-state index contributed by atoms with van der Waals surface area (Å²) in [6.07, 6.45) is 3.48. The molecule has 0 saturated heterocycles. The number of amides is 2. The van der Waals surface area contributed by atoms with Gasteiger partial charge in [-0.2, -0.15) is 0 Å². The van der Waals surface area contributed by atoms with E-state index in [1.165, 1.54) is 14.0 Å². The van der Waals surface area contributed by atoms with E-state index in [1.807, 2.05) is 12.1 Å². The van der Waals surface area contributed by atoms with E-state index in [9.17, 15) is 19.2 Å². The highest BCUT2D eigenvalue weighted by atomic mass is 16.5. The number of benzene rings is 1. The molecule has 1 aliphatic rings. The van der Waals surface area contributed by atoms with E-state index >= 15 is 0 Å². The number of hydrogen-bond donors (Lipinski definition) is 4. The van der Waals surface area contributed by atoms with Gasteiger partial charge in [-0.15, -0.1) is 0 Å². The van der Waals surface area contributed by atoms with Crippen LogP contribution in [0.15, 0.2) is 29.1 Å². The van der Waals surface area contributed by atoms with Crippen LogP contribution in [0.2, 0.25) is 0 Å². The van der Waals surface area contributed by atoms with Crippen molar-refractivity contribution >= 4 is 23.5 Å². The molecule has 0 heterocycles. The molecule has 11 heteroatoms. The van der Waals surface area contributed by atoms with Gasteiger partial charge in [-0.1, -0.05) is 12.5 Å². The number of aryl methyl sites for hydroxylation is 1. The van der Waals surface area contributed by atoms with E-state index in [0.29, 0.717) is 60.7 Å². The highest BCUT2D eigenvalue weighted by Gasteiger charge is 2.29. The number of carbonyl (C=O) groups is 3. The summed E-state index contributed by atoms with van der Waals surface area (Å²) in [4.78, 5) is 47.6. The summed E-state index contributed by atoms with van der Waals surface area (Å²) in [5.41, 5.74) is 3.36. The third-order valence-electron chi connectivity index (χ3n) is 6.75. The lowest BCUT2D eigenvalue weighted by molar-refractivity contribution is -0.138. The summed E-state index contributed by atoms with van der Waals surface area (Å²) in [5, 5.41) is 17.2. The van der Waals surface area contributed by atoms with Crippen molar-refractivity contribution < 1.29 is 33.7 Å². The Hall–Kier alpha value is -4.28. The van der Waals surface area contributed by atoms with Gasteiger partial charge >= 0.3 is 5.97 Å². The lowest BCUT2D eigenvalue weighted by Gasteiger charge is -2.19. The smallest absolute Gasteiger partial charge is 0.322 e. The fraction of sp³-hybridized carbons (Fsp3) is 0.448. The molecule has 0 bridgehead atoms. The Morgan fingerprint density at radius 2 is 1.75 bits per heavy atom.